The van der Waals surface area contributed by atoms with Crippen LogP contribution in [0.3, 0.4) is 0 Å². The minimum Gasteiger partial charge on any atom is -0.362 e. The van der Waals surface area contributed by atoms with E-state index in [4.69, 9.17) is 9.72 Å². The lowest BCUT2D eigenvalue weighted by Gasteiger charge is -2.32. The highest BCUT2D eigenvalue weighted by molar-refractivity contribution is 14.1. The van der Waals surface area contributed by atoms with Gasteiger partial charge in [0.1, 0.15) is 21.4 Å². The summed E-state index contributed by atoms with van der Waals surface area (Å²) in [5.74, 6) is 0.771. The molecule has 1 aromatic carbocycles. The van der Waals surface area contributed by atoms with Gasteiger partial charge < -0.3 is 14.2 Å². The van der Waals surface area contributed by atoms with Crippen molar-refractivity contribution in [2.24, 2.45) is 0 Å². The monoisotopic (exact) mass is 441 g/mol. The zero-order chi connectivity index (χ0) is 16.7. The Morgan fingerprint density at radius 2 is 2.04 bits per heavy atom. The zero-order valence-corrected chi connectivity index (χ0v) is 15.9. The number of halogens is 2. The van der Waals surface area contributed by atoms with Crippen molar-refractivity contribution in [3.05, 3.63) is 50.9 Å². The second-order valence-electron chi connectivity index (χ2n) is 6.69. The molecule has 4 nitrogen and oxygen atoms in total. The Labute approximate surface area is 155 Å². The predicted molar refractivity (Wildman–Crippen MR) is 98.5 cm³/mol. The minimum atomic E-state index is -0.282. The van der Waals surface area contributed by atoms with Crippen molar-refractivity contribution in [2.75, 3.05) is 20.1 Å². The summed E-state index contributed by atoms with van der Waals surface area (Å²) < 4.78 is 24.0. The van der Waals surface area contributed by atoms with E-state index in [1.54, 1.807) is 12.1 Å². The molecule has 0 bridgehead atoms. The number of imidazole rings is 1. The maximum absolute atomic E-state index is 14.4. The standard InChI is InChI=1S/C18H21FIN3O/c1-22-8-5-12(6-9-22)24-17-14-3-2-4-15(19)13(14)7-10-23-11-16(20)21-18(17)23/h2-4,11-12,17H,5-10H2,1H3. The lowest BCUT2D eigenvalue weighted by Crippen LogP contribution is -2.35. The summed E-state index contributed by atoms with van der Waals surface area (Å²) in [6, 6.07) is 5.32. The molecular weight excluding hydrogens is 420 g/mol. The molecule has 1 aromatic heterocycles. The smallest absolute Gasteiger partial charge is 0.143 e. The molecule has 0 aliphatic carbocycles. The van der Waals surface area contributed by atoms with Gasteiger partial charge in [0.15, 0.2) is 0 Å². The molecule has 128 valence electrons. The molecule has 2 aliphatic rings. The molecule has 0 amide bonds. The van der Waals surface area contributed by atoms with Gasteiger partial charge in [-0.1, -0.05) is 12.1 Å². The molecule has 2 aliphatic heterocycles. The molecule has 6 heteroatoms. The van der Waals surface area contributed by atoms with Gasteiger partial charge in [0.25, 0.3) is 0 Å². The molecular formula is C18H21FIN3O. The minimum absolute atomic E-state index is 0.134. The molecule has 0 radical (unpaired) electrons. The molecule has 1 saturated heterocycles. The van der Waals surface area contributed by atoms with Crippen LogP contribution in [0.5, 0.6) is 0 Å². The Kier molecular flexibility index (Phi) is 4.62. The first kappa shape index (κ1) is 16.5. The Balaban J connectivity index is 1.71. The number of nitrogens with zero attached hydrogens (tertiary/aromatic N) is 3. The summed E-state index contributed by atoms with van der Waals surface area (Å²) >= 11 is 2.23. The second kappa shape index (κ2) is 6.72. The first-order valence-electron chi connectivity index (χ1n) is 8.45. The van der Waals surface area contributed by atoms with E-state index in [-0.39, 0.29) is 18.0 Å². The van der Waals surface area contributed by atoms with Gasteiger partial charge in [-0.05, 0) is 66.1 Å². The second-order valence-corrected chi connectivity index (χ2v) is 7.80. The molecule has 3 heterocycles. The van der Waals surface area contributed by atoms with E-state index in [2.05, 4.69) is 39.1 Å². The molecule has 0 N–H and O–H groups in total. The van der Waals surface area contributed by atoms with Crippen molar-refractivity contribution in [2.45, 2.75) is 38.0 Å². The molecule has 1 unspecified atom stereocenters. The maximum Gasteiger partial charge on any atom is 0.143 e. The van der Waals surface area contributed by atoms with E-state index >= 15 is 0 Å². The van der Waals surface area contributed by atoms with Crippen LogP contribution in [0.25, 0.3) is 0 Å². The van der Waals surface area contributed by atoms with Crippen molar-refractivity contribution in [3.63, 3.8) is 0 Å². The van der Waals surface area contributed by atoms with Crippen LogP contribution in [0.15, 0.2) is 24.4 Å². The third-order valence-corrected chi connectivity index (χ3v) is 5.57. The number of benzene rings is 1. The van der Waals surface area contributed by atoms with Crippen molar-refractivity contribution in [1.82, 2.24) is 14.5 Å². The summed E-state index contributed by atoms with van der Waals surface area (Å²) in [4.78, 5) is 7.02. The van der Waals surface area contributed by atoms with E-state index in [0.717, 1.165) is 53.1 Å². The third kappa shape index (κ3) is 3.11. The summed E-state index contributed by atoms with van der Waals surface area (Å²) in [6.07, 6.45) is 4.64. The lowest BCUT2D eigenvalue weighted by molar-refractivity contribution is -0.0277. The van der Waals surface area contributed by atoms with Crippen molar-refractivity contribution >= 4 is 22.6 Å². The number of fused-ring (bicyclic) bond motifs is 2. The Morgan fingerprint density at radius 3 is 2.83 bits per heavy atom. The predicted octanol–water partition coefficient (Wildman–Crippen LogP) is 3.38. The molecule has 1 fully saturated rings. The van der Waals surface area contributed by atoms with E-state index in [1.165, 1.54) is 0 Å². The van der Waals surface area contributed by atoms with Gasteiger partial charge >= 0.3 is 0 Å². The van der Waals surface area contributed by atoms with Gasteiger partial charge in [0, 0.05) is 25.8 Å². The third-order valence-electron chi connectivity index (χ3n) is 5.05. The molecule has 4 rings (SSSR count). The maximum atomic E-state index is 14.4. The van der Waals surface area contributed by atoms with Crippen LogP contribution in [0.1, 0.15) is 35.9 Å². The molecule has 0 spiro atoms. The number of hydrogen-bond donors (Lipinski definition) is 0. The van der Waals surface area contributed by atoms with Crippen molar-refractivity contribution < 1.29 is 9.13 Å². The first-order valence-corrected chi connectivity index (χ1v) is 9.53. The highest BCUT2D eigenvalue weighted by Crippen LogP contribution is 2.35. The van der Waals surface area contributed by atoms with Crippen molar-refractivity contribution in [3.8, 4) is 0 Å². The van der Waals surface area contributed by atoms with Crippen LogP contribution in [0, 0.1) is 9.52 Å². The Morgan fingerprint density at radius 1 is 1.25 bits per heavy atom. The fourth-order valence-corrected chi connectivity index (χ4v) is 4.27. The molecule has 24 heavy (non-hydrogen) atoms. The summed E-state index contributed by atoms with van der Waals surface area (Å²) in [6.45, 7) is 2.82. The SMILES string of the molecule is CN1CCC(OC2c3cccc(F)c3CCn3cc(I)nc32)CC1. The highest BCUT2D eigenvalue weighted by atomic mass is 127. The van der Waals surface area contributed by atoms with Gasteiger partial charge in [-0.2, -0.15) is 0 Å². The van der Waals surface area contributed by atoms with Gasteiger partial charge in [0.2, 0.25) is 0 Å². The van der Waals surface area contributed by atoms with E-state index < -0.39 is 0 Å². The number of likely N-dealkylation sites (tertiary alicyclic amines) is 1. The number of aryl methyl sites for hydroxylation is 1. The summed E-state index contributed by atoms with van der Waals surface area (Å²) in [5, 5.41) is 0. The topological polar surface area (TPSA) is 30.3 Å². The molecule has 2 aromatic rings. The van der Waals surface area contributed by atoms with E-state index in [0.29, 0.717) is 6.42 Å². The summed E-state index contributed by atoms with van der Waals surface area (Å²) in [7, 11) is 2.14. The van der Waals surface area contributed by atoms with E-state index in [9.17, 15) is 4.39 Å². The average molecular weight is 441 g/mol. The number of piperidine rings is 1. The Hall–Kier alpha value is -0.990. The number of aromatic nitrogens is 2. The number of ether oxygens (including phenoxy) is 1. The Bertz CT molecular complexity index is 740. The lowest BCUT2D eigenvalue weighted by atomic mass is 9.99. The van der Waals surface area contributed by atoms with Gasteiger partial charge in [-0.15, -0.1) is 0 Å². The number of rotatable bonds is 2. The van der Waals surface area contributed by atoms with Crippen LogP contribution >= 0.6 is 22.6 Å². The quantitative estimate of drug-likeness (QED) is 0.670. The van der Waals surface area contributed by atoms with Crippen LogP contribution in [0.2, 0.25) is 0 Å². The van der Waals surface area contributed by atoms with Crippen LogP contribution in [0.4, 0.5) is 4.39 Å². The first-order chi connectivity index (χ1) is 11.6. The number of hydrogen-bond acceptors (Lipinski definition) is 3. The fraction of sp³-hybridized carbons (Fsp3) is 0.500. The van der Waals surface area contributed by atoms with Crippen molar-refractivity contribution in [1.29, 1.82) is 0 Å². The highest BCUT2D eigenvalue weighted by Gasteiger charge is 2.31. The van der Waals surface area contributed by atoms with Crippen LogP contribution < -0.4 is 0 Å². The fourth-order valence-electron chi connectivity index (χ4n) is 3.69. The summed E-state index contributed by atoms with van der Waals surface area (Å²) in [5.41, 5.74) is 1.71. The van der Waals surface area contributed by atoms with Crippen LogP contribution in [-0.4, -0.2) is 40.7 Å². The zero-order valence-electron chi connectivity index (χ0n) is 13.7. The van der Waals surface area contributed by atoms with Crippen LogP contribution in [-0.2, 0) is 17.7 Å². The average Bonchev–Trinajstić information content (AvgIpc) is 2.87. The normalized spacial score (nSPS) is 22.0. The van der Waals surface area contributed by atoms with Gasteiger partial charge in [-0.3, -0.25) is 0 Å². The molecule has 1 atom stereocenters. The van der Waals surface area contributed by atoms with Gasteiger partial charge in [-0.25, -0.2) is 9.37 Å². The molecule has 0 saturated carbocycles. The van der Waals surface area contributed by atoms with Gasteiger partial charge in [0.05, 0.1) is 6.10 Å². The van der Waals surface area contributed by atoms with E-state index in [1.807, 2.05) is 12.3 Å². The largest absolute Gasteiger partial charge is 0.362 e.